The summed E-state index contributed by atoms with van der Waals surface area (Å²) in [4.78, 5) is 2.40. The highest BCUT2D eigenvalue weighted by Gasteiger charge is 2.24. The third-order valence-electron chi connectivity index (χ3n) is 9.83. The number of rotatable bonds is 9. The monoisotopic (exact) mass is 668 g/mol. The smallest absolute Gasteiger partial charge is 0.0541 e. The molecule has 0 spiro atoms. The van der Waals surface area contributed by atoms with Crippen molar-refractivity contribution in [2.24, 2.45) is 0 Å². The molecule has 1 aliphatic heterocycles. The van der Waals surface area contributed by atoms with Gasteiger partial charge in [0.15, 0.2) is 0 Å². The van der Waals surface area contributed by atoms with Gasteiger partial charge in [-0.1, -0.05) is 147 Å². The summed E-state index contributed by atoms with van der Waals surface area (Å²) in [6, 6.07) is 52.3. The molecule has 0 unspecified atom stereocenters. The minimum absolute atomic E-state index is 0.821. The molecular weight excluding hydrogens is 629 g/mol. The lowest BCUT2D eigenvalue weighted by molar-refractivity contribution is 1.16. The molecule has 250 valence electrons. The van der Waals surface area contributed by atoms with Crippen LogP contribution in [-0.2, 0) is 0 Å². The number of para-hydroxylation sites is 3. The number of hydrogen-bond acceptors (Lipinski definition) is 1. The van der Waals surface area contributed by atoms with Gasteiger partial charge < -0.3 is 9.47 Å². The topological polar surface area (TPSA) is 8.17 Å². The maximum absolute atomic E-state index is 4.57. The molecule has 2 nitrogen and oxygen atoms in total. The van der Waals surface area contributed by atoms with E-state index in [1.54, 1.807) is 0 Å². The van der Waals surface area contributed by atoms with Crippen molar-refractivity contribution < 1.29 is 0 Å². The Labute approximate surface area is 306 Å². The Kier molecular flexibility index (Phi) is 8.96. The molecule has 0 bridgehead atoms. The summed E-state index contributed by atoms with van der Waals surface area (Å²) in [7, 11) is 0. The van der Waals surface area contributed by atoms with Crippen LogP contribution in [0.4, 0.5) is 11.4 Å². The lowest BCUT2D eigenvalue weighted by atomic mass is 9.96. The average molecular weight is 669 g/mol. The lowest BCUT2D eigenvalue weighted by Gasteiger charge is -2.20. The zero-order valence-corrected chi connectivity index (χ0v) is 29.4. The molecule has 0 fully saturated rings. The van der Waals surface area contributed by atoms with E-state index < -0.39 is 0 Å². The van der Waals surface area contributed by atoms with Gasteiger partial charge in [-0.15, -0.1) is 0 Å². The molecule has 0 N–H and O–H groups in total. The highest BCUT2D eigenvalue weighted by atomic mass is 15.2. The molecule has 0 radical (unpaired) electrons. The van der Waals surface area contributed by atoms with E-state index in [1.165, 1.54) is 61.0 Å². The van der Waals surface area contributed by atoms with E-state index in [0.29, 0.717) is 0 Å². The zero-order valence-electron chi connectivity index (χ0n) is 29.4. The van der Waals surface area contributed by atoms with Crippen molar-refractivity contribution in [2.45, 2.75) is 6.92 Å². The highest BCUT2D eigenvalue weighted by molar-refractivity contribution is 6.10. The predicted molar refractivity (Wildman–Crippen MR) is 226 cm³/mol. The summed E-state index contributed by atoms with van der Waals surface area (Å²) < 4.78 is 2.34. The second kappa shape index (κ2) is 14.3. The first kappa shape index (κ1) is 32.6. The fraction of sp³-hybridized carbons (Fsp3) is 0.0400. The Morgan fingerprint density at radius 1 is 0.635 bits per heavy atom. The first-order valence-corrected chi connectivity index (χ1v) is 17.8. The van der Waals surface area contributed by atoms with Crippen LogP contribution in [0.5, 0.6) is 0 Å². The van der Waals surface area contributed by atoms with Crippen molar-refractivity contribution in [3.8, 4) is 22.3 Å². The van der Waals surface area contributed by atoms with Gasteiger partial charge >= 0.3 is 0 Å². The standard InChI is InChI=1S/C50H40N2/c1-4-6-7-18-42-35-51(48-28-11-8-25-45(42)48)43-24-16-23-41(34-43)40-22-15-21-39(33-40)38-20-14-19-37(32-38)36(3)31-44(17-5-2)52-49-29-12-9-26-46(49)47-27-10-13-30-50(47)52/h4-34H,1,3,35H2,2H3/b7-6-,17-5-,42-18+,44-31+. The van der Waals surface area contributed by atoms with Gasteiger partial charge in [-0.05, 0) is 101 Å². The SMILES string of the molecule is C=C/C=C\C=C1/CN(c2cccc(-c3cccc(-c4cccc(C(=C)/C=C(\C=C/C)n5c6ccccc6c6ccccc65)c4)c3)c2)c2ccccc21. The van der Waals surface area contributed by atoms with Gasteiger partial charge in [0.1, 0.15) is 0 Å². The Hall–Kier alpha value is -6.64. The van der Waals surface area contributed by atoms with Crippen molar-refractivity contribution in [2.75, 3.05) is 11.4 Å². The van der Waals surface area contributed by atoms with Crippen LogP contribution in [0.25, 0.3) is 60.9 Å². The van der Waals surface area contributed by atoms with Crippen LogP contribution >= 0.6 is 0 Å². The molecule has 0 saturated heterocycles. The summed E-state index contributed by atoms with van der Waals surface area (Å²) >= 11 is 0. The molecule has 1 aromatic heterocycles. The Morgan fingerprint density at radius 2 is 1.25 bits per heavy atom. The number of allylic oxidation sites excluding steroid dienone is 9. The summed E-state index contributed by atoms with van der Waals surface area (Å²) in [5, 5.41) is 2.49. The molecule has 0 aliphatic carbocycles. The number of nitrogens with zero attached hydrogens (tertiary/aromatic N) is 2. The third kappa shape index (κ3) is 6.16. The van der Waals surface area contributed by atoms with Gasteiger partial charge in [-0.3, -0.25) is 0 Å². The van der Waals surface area contributed by atoms with E-state index in [0.717, 1.165) is 28.9 Å². The van der Waals surface area contributed by atoms with Gasteiger partial charge in [0.05, 0.1) is 11.0 Å². The van der Waals surface area contributed by atoms with Gasteiger partial charge in [-0.25, -0.2) is 0 Å². The largest absolute Gasteiger partial charge is 0.336 e. The van der Waals surface area contributed by atoms with E-state index in [4.69, 9.17) is 0 Å². The number of fused-ring (bicyclic) bond motifs is 4. The predicted octanol–water partition coefficient (Wildman–Crippen LogP) is 13.5. The quantitative estimate of drug-likeness (QED) is 0.139. The summed E-state index contributed by atoms with van der Waals surface area (Å²) in [5.41, 5.74) is 15.2. The molecular formula is C50H40N2. The maximum atomic E-state index is 4.57. The minimum Gasteiger partial charge on any atom is -0.336 e. The van der Waals surface area contributed by atoms with Crippen LogP contribution in [0.2, 0.25) is 0 Å². The van der Waals surface area contributed by atoms with E-state index in [2.05, 4.69) is 206 Å². The fourth-order valence-corrected chi connectivity index (χ4v) is 7.40. The Bertz CT molecular complexity index is 2550. The van der Waals surface area contributed by atoms with Crippen LogP contribution in [0.15, 0.2) is 201 Å². The molecule has 0 atom stereocenters. The number of benzene rings is 6. The third-order valence-corrected chi connectivity index (χ3v) is 9.83. The van der Waals surface area contributed by atoms with Gasteiger partial charge in [0.25, 0.3) is 0 Å². The van der Waals surface area contributed by atoms with E-state index in [1.807, 2.05) is 12.2 Å². The number of hydrogen-bond donors (Lipinski definition) is 0. The molecule has 1 aliphatic rings. The first-order valence-electron chi connectivity index (χ1n) is 17.8. The molecule has 7 aromatic rings. The summed E-state index contributed by atoms with van der Waals surface area (Å²) in [6.07, 6.45) is 14.5. The van der Waals surface area contributed by atoms with Crippen LogP contribution in [-0.4, -0.2) is 11.1 Å². The molecule has 2 heteroatoms. The fourth-order valence-electron chi connectivity index (χ4n) is 7.40. The van der Waals surface area contributed by atoms with Crippen LogP contribution in [0.1, 0.15) is 18.1 Å². The van der Waals surface area contributed by atoms with E-state index in [-0.39, 0.29) is 0 Å². The summed E-state index contributed by atoms with van der Waals surface area (Å²) in [6.45, 7) is 11.3. The highest BCUT2D eigenvalue weighted by Crippen LogP contribution is 2.41. The Balaban J connectivity index is 1.11. The zero-order chi connectivity index (χ0) is 35.4. The second-order valence-electron chi connectivity index (χ2n) is 13.1. The van der Waals surface area contributed by atoms with Crippen molar-refractivity contribution in [3.05, 3.63) is 212 Å². The maximum Gasteiger partial charge on any atom is 0.0541 e. The summed E-state index contributed by atoms with van der Waals surface area (Å²) in [5.74, 6) is 0. The molecule has 52 heavy (non-hydrogen) atoms. The van der Waals surface area contributed by atoms with Crippen LogP contribution < -0.4 is 4.90 Å². The molecule has 6 aromatic carbocycles. The van der Waals surface area contributed by atoms with Crippen molar-refractivity contribution in [1.82, 2.24) is 4.57 Å². The van der Waals surface area contributed by atoms with Crippen molar-refractivity contribution in [3.63, 3.8) is 0 Å². The second-order valence-corrected chi connectivity index (χ2v) is 13.1. The van der Waals surface area contributed by atoms with Gasteiger partial charge in [0.2, 0.25) is 0 Å². The van der Waals surface area contributed by atoms with Gasteiger partial charge in [0, 0.05) is 40.0 Å². The Morgan fingerprint density at radius 3 is 1.96 bits per heavy atom. The molecule has 8 rings (SSSR count). The van der Waals surface area contributed by atoms with Crippen molar-refractivity contribution >= 4 is 50.0 Å². The van der Waals surface area contributed by atoms with Crippen LogP contribution in [0.3, 0.4) is 0 Å². The van der Waals surface area contributed by atoms with Gasteiger partial charge in [-0.2, -0.15) is 0 Å². The number of anilines is 2. The average Bonchev–Trinajstić information content (AvgIpc) is 3.74. The van der Waals surface area contributed by atoms with Crippen LogP contribution in [0, 0.1) is 0 Å². The minimum atomic E-state index is 0.821. The first-order chi connectivity index (χ1) is 25.6. The molecule has 0 saturated carbocycles. The van der Waals surface area contributed by atoms with E-state index in [9.17, 15) is 0 Å². The number of aromatic nitrogens is 1. The van der Waals surface area contributed by atoms with Crippen molar-refractivity contribution in [1.29, 1.82) is 0 Å². The molecule has 2 heterocycles. The van der Waals surface area contributed by atoms with E-state index >= 15 is 0 Å². The normalized spacial score (nSPS) is 13.9. The lowest BCUT2D eigenvalue weighted by Crippen LogP contribution is -2.12. The molecule has 0 amide bonds.